The third-order valence-corrected chi connectivity index (χ3v) is 6.61. The van der Waals surface area contributed by atoms with E-state index in [9.17, 15) is 17.2 Å². The van der Waals surface area contributed by atoms with E-state index in [1.54, 1.807) is 20.8 Å². The quantitative estimate of drug-likeness (QED) is 0.843. The van der Waals surface area contributed by atoms with Gasteiger partial charge in [0.15, 0.2) is 0 Å². The first-order chi connectivity index (χ1) is 11.1. The number of halogens is 2. The van der Waals surface area contributed by atoms with Gasteiger partial charge in [0.1, 0.15) is 11.6 Å². The molecule has 1 aromatic rings. The van der Waals surface area contributed by atoms with E-state index in [1.807, 2.05) is 0 Å². The van der Waals surface area contributed by atoms with Crippen molar-refractivity contribution in [2.45, 2.75) is 57.2 Å². The van der Waals surface area contributed by atoms with E-state index in [-0.39, 0.29) is 6.04 Å². The average Bonchev–Trinajstić information content (AvgIpc) is 2.44. The van der Waals surface area contributed by atoms with Crippen molar-refractivity contribution in [1.29, 1.82) is 0 Å². The summed E-state index contributed by atoms with van der Waals surface area (Å²) in [6, 6.07) is 3.57. The molecule has 2 N–H and O–H groups in total. The molecular formula is C17H26F2N2O2S. The normalized spacial score (nSPS) is 22.4. The van der Waals surface area contributed by atoms with Gasteiger partial charge in [-0.25, -0.2) is 21.9 Å². The molecule has 1 fully saturated rings. The molecule has 0 radical (unpaired) electrons. The summed E-state index contributed by atoms with van der Waals surface area (Å²) in [6.07, 6.45) is 3.45. The first-order valence-electron chi connectivity index (χ1n) is 8.29. The topological polar surface area (TPSA) is 58.2 Å². The molecule has 7 heteroatoms. The monoisotopic (exact) mass is 360 g/mol. The van der Waals surface area contributed by atoms with Crippen LogP contribution in [0, 0.1) is 17.6 Å². The Morgan fingerprint density at radius 3 is 2.08 bits per heavy atom. The van der Waals surface area contributed by atoms with Crippen LogP contribution in [0.2, 0.25) is 0 Å². The Labute approximate surface area is 143 Å². The van der Waals surface area contributed by atoms with E-state index < -0.39 is 26.4 Å². The SMILES string of the molecule is CC(C)(C)S(=O)(=O)NC[C@H]1CC[C@H](Nc2cc(F)cc(F)c2)CC1. The summed E-state index contributed by atoms with van der Waals surface area (Å²) in [6.45, 7) is 5.47. The fraction of sp³-hybridized carbons (Fsp3) is 0.647. The van der Waals surface area contributed by atoms with Gasteiger partial charge in [-0.2, -0.15) is 0 Å². The second-order valence-electron chi connectivity index (χ2n) is 7.48. The number of sulfonamides is 1. The van der Waals surface area contributed by atoms with Gasteiger partial charge in [0.25, 0.3) is 0 Å². The van der Waals surface area contributed by atoms with Crippen molar-refractivity contribution in [3.8, 4) is 0 Å². The van der Waals surface area contributed by atoms with Gasteiger partial charge in [-0.15, -0.1) is 0 Å². The first kappa shape index (κ1) is 19.1. The molecule has 1 aliphatic rings. The molecule has 0 amide bonds. The standard InChI is InChI=1S/C17H26F2N2O2S/c1-17(2,3)24(22,23)20-11-12-4-6-15(7-5-12)21-16-9-13(18)8-14(19)10-16/h8-10,12,15,20-21H,4-7,11H2,1-3H3/t12-,15-. The molecule has 0 spiro atoms. The van der Waals surface area contributed by atoms with Crippen LogP contribution >= 0.6 is 0 Å². The van der Waals surface area contributed by atoms with Gasteiger partial charge in [-0.3, -0.25) is 0 Å². The third-order valence-electron chi connectivity index (χ3n) is 4.45. The maximum absolute atomic E-state index is 13.2. The average molecular weight is 360 g/mol. The second kappa shape index (κ2) is 7.35. The van der Waals surface area contributed by atoms with Crippen LogP contribution in [-0.2, 0) is 10.0 Å². The summed E-state index contributed by atoms with van der Waals surface area (Å²) >= 11 is 0. The fourth-order valence-corrected chi connectivity index (χ4v) is 3.72. The van der Waals surface area contributed by atoms with Crippen molar-refractivity contribution in [2.75, 3.05) is 11.9 Å². The largest absolute Gasteiger partial charge is 0.382 e. The Hall–Kier alpha value is -1.21. The van der Waals surface area contributed by atoms with Gasteiger partial charge in [0.2, 0.25) is 10.0 Å². The molecule has 0 unspecified atom stereocenters. The van der Waals surface area contributed by atoms with Crippen LogP contribution in [0.4, 0.5) is 14.5 Å². The molecule has 24 heavy (non-hydrogen) atoms. The lowest BCUT2D eigenvalue weighted by Gasteiger charge is -2.30. The zero-order valence-electron chi connectivity index (χ0n) is 14.4. The van der Waals surface area contributed by atoms with E-state index in [4.69, 9.17) is 0 Å². The Kier molecular flexibility index (Phi) is 5.86. The Bertz CT molecular complexity index is 643. The van der Waals surface area contributed by atoms with Crippen molar-refractivity contribution in [2.24, 2.45) is 5.92 Å². The molecule has 0 aromatic heterocycles. The molecule has 1 aliphatic carbocycles. The summed E-state index contributed by atoms with van der Waals surface area (Å²) < 4.78 is 52.4. The van der Waals surface area contributed by atoms with Crippen LogP contribution in [0.3, 0.4) is 0 Å². The maximum atomic E-state index is 13.2. The van der Waals surface area contributed by atoms with Crippen LogP contribution < -0.4 is 10.0 Å². The smallest absolute Gasteiger partial charge is 0.216 e. The van der Waals surface area contributed by atoms with Gasteiger partial charge in [0, 0.05) is 24.3 Å². The van der Waals surface area contributed by atoms with Crippen LogP contribution in [-0.4, -0.2) is 25.8 Å². The lowest BCUT2D eigenvalue weighted by atomic mass is 9.86. The highest BCUT2D eigenvalue weighted by Gasteiger charge is 2.30. The third kappa shape index (κ3) is 5.14. The van der Waals surface area contributed by atoms with Crippen molar-refractivity contribution in [1.82, 2.24) is 4.72 Å². The minimum Gasteiger partial charge on any atom is -0.382 e. The number of nitrogens with one attached hydrogen (secondary N) is 2. The molecule has 0 atom stereocenters. The molecule has 0 bridgehead atoms. The lowest BCUT2D eigenvalue weighted by Crippen LogP contribution is -2.42. The van der Waals surface area contributed by atoms with Gasteiger partial charge in [-0.1, -0.05) is 0 Å². The predicted octanol–water partition coefficient (Wildman–Crippen LogP) is 3.65. The Balaban J connectivity index is 1.81. The summed E-state index contributed by atoms with van der Waals surface area (Å²) in [4.78, 5) is 0. The maximum Gasteiger partial charge on any atom is 0.216 e. The Morgan fingerprint density at radius 1 is 1.04 bits per heavy atom. The van der Waals surface area contributed by atoms with E-state index >= 15 is 0 Å². The minimum atomic E-state index is -3.32. The highest BCUT2D eigenvalue weighted by molar-refractivity contribution is 7.90. The zero-order valence-corrected chi connectivity index (χ0v) is 15.2. The van der Waals surface area contributed by atoms with Crippen LogP contribution in [0.5, 0.6) is 0 Å². The molecule has 1 aromatic carbocycles. The number of benzene rings is 1. The van der Waals surface area contributed by atoms with Crippen LogP contribution in [0.15, 0.2) is 18.2 Å². The van der Waals surface area contributed by atoms with Gasteiger partial charge < -0.3 is 5.32 Å². The number of rotatable bonds is 5. The highest BCUT2D eigenvalue weighted by atomic mass is 32.2. The second-order valence-corrected chi connectivity index (χ2v) is 10.0. The van der Waals surface area contributed by atoms with E-state index in [2.05, 4.69) is 10.0 Å². The molecule has 1 saturated carbocycles. The summed E-state index contributed by atoms with van der Waals surface area (Å²) in [5.74, 6) is -0.894. The molecule has 2 rings (SSSR count). The molecule has 0 saturated heterocycles. The van der Waals surface area contributed by atoms with Crippen LogP contribution in [0.1, 0.15) is 46.5 Å². The number of anilines is 1. The summed E-state index contributed by atoms with van der Waals surface area (Å²) in [5, 5.41) is 3.16. The summed E-state index contributed by atoms with van der Waals surface area (Å²) in [7, 11) is -3.32. The predicted molar refractivity (Wildman–Crippen MR) is 92.4 cm³/mol. The number of hydrogen-bond donors (Lipinski definition) is 2. The fourth-order valence-electron chi connectivity index (χ4n) is 2.83. The lowest BCUT2D eigenvalue weighted by molar-refractivity contribution is 0.336. The molecule has 4 nitrogen and oxygen atoms in total. The van der Waals surface area contributed by atoms with Gasteiger partial charge >= 0.3 is 0 Å². The summed E-state index contributed by atoms with van der Waals surface area (Å²) in [5.41, 5.74) is 0.449. The molecule has 136 valence electrons. The van der Waals surface area contributed by atoms with Crippen molar-refractivity contribution >= 4 is 15.7 Å². The van der Waals surface area contributed by atoms with Gasteiger partial charge in [-0.05, 0) is 64.5 Å². The van der Waals surface area contributed by atoms with Crippen molar-refractivity contribution < 1.29 is 17.2 Å². The van der Waals surface area contributed by atoms with E-state index in [0.29, 0.717) is 18.2 Å². The van der Waals surface area contributed by atoms with E-state index in [0.717, 1.165) is 31.7 Å². The number of hydrogen-bond acceptors (Lipinski definition) is 3. The van der Waals surface area contributed by atoms with Gasteiger partial charge in [0.05, 0.1) is 4.75 Å². The Morgan fingerprint density at radius 2 is 1.58 bits per heavy atom. The molecular weight excluding hydrogens is 334 g/mol. The zero-order chi connectivity index (χ0) is 18.0. The molecule has 0 aliphatic heterocycles. The first-order valence-corrected chi connectivity index (χ1v) is 9.77. The minimum absolute atomic E-state index is 0.154. The highest BCUT2D eigenvalue weighted by Crippen LogP contribution is 2.27. The van der Waals surface area contributed by atoms with Crippen molar-refractivity contribution in [3.05, 3.63) is 29.8 Å². The van der Waals surface area contributed by atoms with Crippen molar-refractivity contribution in [3.63, 3.8) is 0 Å². The molecule has 0 heterocycles. The van der Waals surface area contributed by atoms with Crippen LogP contribution in [0.25, 0.3) is 0 Å². The van der Waals surface area contributed by atoms with E-state index in [1.165, 1.54) is 12.1 Å².